The Labute approximate surface area is 153 Å². The van der Waals surface area contributed by atoms with Crippen LogP contribution < -0.4 is 10.5 Å². The molecular formula is C19H17F3N2O3. The average Bonchev–Trinajstić information content (AvgIpc) is 2.95. The molecule has 1 atom stereocenters. The number of nitrogens with zero attached hydrogens (tertiary/aromatic N) is 1. The normalized spacial score (nSPS) is 14.8. The van der Waals surface area contributed by atoms with Gasteiger partial charge in [0.25, 0.3) is 5.91 Å². The van der Waals surface area contributed by atoms with Gasteiger partial charge in [-0.2, -0.15) is 13.2 Å². The van der Waals surface area contributed by atoms with E-state index in [0.29, 0.717) is 16.9 Å². The highest BCUT2D eigenvalue weighted by molar-refractivity contribution is 6.01. The second-order valence-corrected chi connectivity index (χ2v) is 6.31. The summed E-state index contributed by atoms with van der Waals surface area (Å²) in [5.74, 6) is -0.484. The molecule has 0 saturated carbocycles. The zero-order chi connectivity index (χ0) is 19.8. The van der Waals surface area contributed by atoms with Crippen molar-refractivity contribution in [3.63, 3.8) is 0 Å². The van der Waals surface area contributed by atoms with Gasteiger partial charge in [0.2, 0.25) is 5.91 Å². The van der Waals surface area contributed by atoms with Crippen molar-refractivity contribution in [3.05, 3.63) is 64.7 Å². The van der Waals surface area contributed by atoms with Gasteiger partial charge < -0.3 is 15.4 Å². The van der Waals surface area contributed by atoms with E-state index in [1.54, 1.807) is 25.1 Å². The molecule has 27 heavy (non-hydrogen) atoms. The minimum atomic E-state index is -4.38. The van der Waals surface area contributed by atoms with E-state index in [1.807, 2.05) is 0 Å². The number of carbonyl (C=O) groups is 2. The van der Waals surface area contributed by atoms with Crippen molar-refractivity contribution < 1.29 is 27.5 Å². The summed E-state index contributed by atoms with van der Waals surface area (Å²) >= 11 is 0. The highest BCUT2D eigenvalue weighted by atomic mass is 19.4. The molecular weight excluding hydrogens is 361 g/mol. The number of nitrogens with two attached hydrogens (primary N) is 1. The molecule has 0 unspecified atom stereocenters. The second-order valence-electron chi connectivity index (χ2n) is 6.31. The Kier molecular flexibility index (Phi) is 4.82. The molecule has 0 bridgehead atoms. The molecule has 0 fully saturated rings. The topological polar surface area (TPSA) is 72.6 Å². The molecule has 3 rings (SSSR count). The van der Waals surface area contributed by atoms with Gasteiger partial charge in [-0.25, -0.2) is 0 Å². The first kappa shape index (κ1) is 18.8. The first-order valence-corrected chi connectivity index (χ1v) is 8.19. The number of fused-ring (bicyclic) bond motifs is 1. The Balaban J connectivity index is 1.69. The smallest absolute Gasteiger partial charge is 0.416 e. The zero-order valence-electron chi connectivity index (χ0n) is 14.4. The third-order valence-corrected chi connectivity index (χ3v) is 4.48. The van der Waals surface area contributed by atoms with E-state index < -0.39 is 23.7 Å². The Bertz CT molecular complexity index is 879. The van der Waals surface area contributed by atoms with Gasteiger partial charge in [-0.15, -0.1) is 0 Å². The van der Waals surface area contributed by atoms with Crippen LogP contribution >= 0.6 is 0 Å². The summed E-state index contributed by atoms with van der Waals surface area (Å²) < 4.78 is 43.3. The fourth-order valence-corrected chi connectivity index (χ4v) is 2.82. The van der Waals surface area contributed by atoms with Gasteiger partial charge in [0, 0.05) is 12.1 Å². The van der Waals surface area contributed by atoms with E-state index in [0.717, 1.165) is 17.7 Å². The van der Waals surface area contributed by atoms with Crippen LogP contribution in [0.15, 0.2) is 42.5 Å². The molecule has 2 aromatic rings. The van der Waals surface area contributed by atoms with Gasteiger partial charge >= 0.3 is 6.18 Å². The van der Waals surface area contributed by atoms with Crippen molar-refractivity contribution in [1.82, 2.24) is 4.90 Å². The molecule has 0 radical (unpaired) electrons. The predicted octanol–water partition coefficient (Wildman–Crippen LogP) is 3.11. The average molecular weight is 378 g/mol. The van der Waals surface area contributed by atoms with Crippen molar-refractivity contribution in [1.29, 1.82) is 0 Å². The number of benzene rings is 2. The standard InChI is InChI=1S/C19H17F3N2O3/c1-11(17(23)25)24-9-13-4-7-15(8-16(13)18(24)26)27-10-12-2-5-14(6-3-12)19(20,21)22/h2-8,11H,9-10H2,1H3,(H2,23,25)/t11-/m0/s1. The molecule has 0 spiro atoms. The number of primary amides is 1. The summed E-state index contributed by atoms with van der Waals surface area (Å²) in [4.78, 5) is 25.2. The minimum absolute atomic E-state index is 0.0620. The van der Waals surface area contributed by atoms with Crippen LogP contribution in [0.3, 0.4) is 0 Å². The third kappa shape index (κ3) is 3.89. The Morgan fingerprint density at radius 1 is 1.22 bits per heavy atom. The maximum atomic E-state index is 12.6. The molecule has 0 saturated heterocycles. The lowest BCUT2D eigenvalue weighted by Gasteiger charge is -2.20. The summed E-state index contributed by atoms with van der Waals surface area (Å²) in [5, 5.41) is 0. The summed E-state index contributed by atoms with van der Waals surface area (Å²) in [6.07, 6.45) is -4.38. The van der Waals surface area contributed by atoms with Crippen LogP contribution in [0.1, 0.15) is 34.0 Å². The van der Waals surface area contributed by atoms with Crippen LogP contribution in [-0.4, -0.2) is 22.8 Å². The van der Waals surface area contributed by atoms with Crippen molar-refractivity contribution in [2.75, 3.05) is 0 Å². The predicted molar refractivity (Wildman–Crippen MR) is 90.7 cm³/mol. The number of rotatable bonds is 5. The first-order chi connectivity index (χ1) is 12.7. The molecule has 8 heteroatoms. The van der Waals surface area contributed by atoms with Gasteiger partial charge in [-0.1, -0.05) is 18.2 Å². The van der Waals surface area contributed by atoms with Crippen LogP contribution in [0.4, 0.5) is 13.2 Å². The molecule has 1 aliphatic rings. The number of hydrogen-bond donors (Lipinski definition) is 1. The fraction of sp³-hybridized carbons (Fsp3) is 0.263. The van der Waals surface area contributed by atoms with E-state index in [1.165, 1.54) is 17.0 Å². The monoisotopic (exact) mass is 378 g/mol. The van der Waals surface area contributed by atoms with E-state index >= 15 is 0 Å². The highest BCUT2D eigenvalue weighted by Crippen LogP contribution is 2.30. The molecule has 0 aromatic heterocycles. The molecule has 1 aliphatic heterocycles. The lowest BCUT2D eigenvalue weighted by atomic mass is 10.1. The summed E-state index contributed by atoms with van der Waals surface area (Å²) in [6, 6.07) is 8.92. The van der Waals surface area contributed by atoms with E-state index in [2.05, 4.69) is 0 Å². The molecule has 5 nitrogen and oxygen atoms in total. The van der Waals surface area contributed by atoms with Gasteiger partial charge in [-0.05, 0) is 42.3 Å². The quantitative estimate of drug-likeness (QED) is 0.869. The number of alkyl halides is 3. The first-order valence-electron chi connectivity index (χ1n) is 8.19. The third-order valence-electron chi connectivity index (χ3n) is 4.48. The molecule has 2 aromatic carbocycles. The van der Waals surface area contributed by atoms with E-state index in [-0.39, 0.29) is 19.1 Å². The Morgan fingerprint density at radius 3 is 2.48 bits per heavy atom. The largest absolute Gasteiger partial charge is 0.489 e. The van der Waals surface area contributed by atoms with Crippen molar-refractivity contribution in [2.24, 2.45) is 5.73 Å². The Morgan fingerprint density at radius 2 is 1.89 bits per heavy atom. The van der Waals surface area contributed by atoms with Crippen molar-refractivity contribution in [2.45, 2.75) is 32.3 Å². The van der Waals surface area contributed by atoms with Crippen LogP contribution in [-0.2, 0) is 24.1 Å². The lowest BCUT2D eigenvalue weighted by Crippen LogP contribution is -2.42. The van der Waals surface area contributed by atoms with E-state index in [4.69, 9.17) is 10.5 Å². The summed E-state index contributed by atoms with van der Waals surface area (Å²) in [7, 11) is 0. The summed E-state index contributed by atoms with van der Waals surface area (Å²) in [5.41, 5.74) is 6.29. The number of hydrogen-bond acceptors (Lipinski definition) is 3. The molecule has 2 N–H and O–H groups in total. The van der Waals surface area contributed by atoms with Crippen LogP contribution in [0.25, 0.3) is 0 Å². The van der Waals surface area contributed by atoms with E-state index in [9.17, 15) is 22.8 Å². The van der Waals surface area contributed by atoms with Crippen LogP contribution in [0.5, 0.6) is 5.75 Å². The zero-order valence-corrected chi connectivity index (χ0v) is 14.4. The van der Waals surface area contributed by atoms with Gasteiger partial charge in [0.15, 0.2) is 0 Å². The highest BCUT2D eigenvalue weighted by Gasteiger charge is 2.33. The fourth-order valence-electron chi connectivity index (χ4n) is 2.82. The van der Waals surface area contributed by atoms with Crippen LogP contribution in [0.2, 0.25) is 0 Å². The van der Waals surface area contributed by atoms with Gasteiger partial charge in [0.05, 0.1) is 5.56 Å². The van der Waals surface area contributed by atoms with Crippen LogP contribution in [0, 0.1) is 0 Å². The molecule has 0 aliphatic carbocycles. The molecule has 2 amide bonds. The number of carbonyl (C=O) groups excluding carboxylic acids is 2. The number of halogens is 3. The Hall–Kier alpha value is -3.03. The lowest BCUT2D eigenvalue weighted by molar-refractivity contribution is -0.137. The van der Waals surface area contributed by atoms with Gasteiger partial charge in [-0.3, -0.25) is 9.59 Å². The molecule has 1 heterocycles. The summed E-state index contributed by atoms with van der Waals surface area (Å²) in [6.45, 7) is 1.91. The minimum Gasteiger partial charge on any atom is -0.489 e. The van der Waals surface area contributed by atoms with Crippen molar-refractivity contribution in [3.8, 4) is 5.75 Å². The number of ether oxygens (including phenoxy) is 1. The van der Waals surface area contributed by atoms with Crippen molar-refractivity contribution >= 4 is 11.8 Å². The number of amides is 2. The SMILES string of the molecule is C[C@@H](C(N)=O)N1Cc2ccc(OCc3ccc(C(F)(F)F)cc3)cc2C1=O. The maximum Gasteiger partial charge on any atom is 0.416 e. The van der Waals surface area contributed by atoms with Gasteiger partial charge in [0.1, 0.15) is 18.4 Å². The maximum absolute atomic E-state index is 12.6. The molecule has 142 valence electrons. The second kappa shape index (κ2) is 6.94.